The quantitative estimate of drug-likeness (QED) is 0.0337. The number of carbonyl (C=O) groups is 8. The molecule has 0 aliphatic heterocycles. The highest BCUT2D eigenvalue weighted by molar-refractivity contribution is 5.90. The van der Waals surface area contributed by atoms with Crippen molar-refractivity contribution in [1.29, 1.82) is 0 Å². The molecule has 8 heterocycles. The molecular formula is C112H110N8O16. The molecule has 0 amide bonds. The molecule has 8 aromatic heterocycles. The Morgan fingerprint density at radius 1 is 0.294 bits per heavy atom. The Bertz CT molecular complexity index is 6630. The van der Waals surface area contributed by atoms with Crippen LogP contribution < -0.4 is 0 Å². The number of nitrogens with one attached hydrogen (secondary N) is 8. The smallest absolute Gasteiger partial charge is 0.352 e. The summed E-state index contributed by atoms with van der Waals surface area (Å²) in [4.78, 5) is 111. The lowest BCUT2D eigenvalue weighted by molar-refractivity contribution is 0.0680. The number of hydrogen-bond acceptors (Lipinski definition) is 8. The van der Waals surface area contributed by atoms with E-state index in [1.165, 1.54) is 114 Å². The van der Waals surface area contributed by atoms with E-state index in [9.17, 15) is 38.4 Å². The number of carboxylic acid groups (broad SMARTS) is 8. The van der Waals surface area contributed by atoms with Crippen LogP contribution in [0.1, 0.15) is 287 Å². The monoisotopic (exact) mass is 1820 g/mol. The summed E-state index contributed by atoms with van der Waals surface area (Å²) in [6.07, 6.45) is 19.1. The normalized spacial score (nSPS) is 24.1. The van der Waals surface area contributed by atoms with Crippen molar-refractivity contribution >= 4 is 47.8 Å². The van der Waals surface area contributed by atoms with E-state index in [2.05, 4.69) is 168 Å². The molecule has 16 N–H and O–H groups in total. The standard InChI is InChI=1S/C17H17NO2.C16H15NO2.C15H13NO2.3C15H15NO2.C10H11NO2.C9H9NO2/c19-17(20)14-9-11-8-13-12(15(13)16(11)18-14)7-6-10-4-2-1-3-5-10;18-16(19)13-8-10-7-12-11(14(12)15(10)17-13)6-9-4-2-1-3-5-9;17-15(18)11-7-9-6-10-12(13(10)14(9)16-11)8-4-2-1-3-5-8;17-15(18)14-9-12-7-11(8-13(12)16-14)6-10-4-2-1-3-5-10;17-15(18)14-9-12-11(6-7-13(12)16-14)8-10-4-2-1-3-5-10;17-15(18)13-9-12-7-6-11(14(12)16-13)8-10-4-2-1-3-5-10;1-4-6-2-5-3-7(10(12)13)11-9(5)8(4)6;11-9(12)7-3-5-1-4-2-6(4)8(5)10-7/h1-5,9,12-13,15,18H,6-8H2,(H,19,20);1-5,8,11-12,14,17H,6-7H2,(H,18,19);1-5,7,10,12-13,16H,6H2,(H,17,18);3*1-5,9,11,16H,6-8H2,(H,17,18);3-4,6,8,11H,2H2,1H3,(H,12,13);3-4,6,10H,1-2H2,(H,11,12)/t12-,13+,15-;11-,12+,14-;10-,12+,13-;3*11-;4-,6+,8-;4-,6+/m11011010/s1. The van der Waals surface area contributed by atoms with Crippen molar-refractivity contribution in [1.82, 2.24) is 39.9 Å². The van der Waals surface area contributed by atoms with Crippen LogP contribution in [0.2, 0.25) is 0 Å². The van der Waals surface area contributed by atoms with Gasteiger partial charge in [0.2, 0.25) is 0 Å². The fraction of sp³-hybridized carbons (Fsp3) is 0.321. The van der Waals surface area contributed by atoms with E-state index in [0.29, 0.717) is 111 Å². The summed E-state index contributed by atoms with van der Waals surface area (Å²) in [5, 5.41) is 71.4. The third-order valence-corrected chi connectivity index (χ3v) is 31.2. The first-order valence-electron chi connectivity index (χ1n) is 47.7. The van der Waals surface area contributed by atoms with Crippen LogP contribution in [0, 0.1) is 53.3 Å². The lowest BCUT2D eigenvalue weighted by Gasteiger charge is -2.10. The van der Waals surface area contributed by atoms with Crippen molar-refractivity contribution in [3.8, 4) is 0 Å². The molecule has 13 aliphatic rings. The van der Waals surface area contributed by atoms with Crippen LogP contribution in [0.15, 0.2) is 231 Å². The second-order valence-electron chi connectivity index (χ2n) is 39.5. The average Bonchev–Trinajstić information content (AvgIpc) is 1.44. The number of fused-ring (bicyclic) bond motifs is 18. The molecule has 13 aliphatic carbocycles. The minimum atomic E-state index is -0.872. The van der Waals surface area contributed by atoms with Crippen LogP contribution in [-0.2, 0) is 89.9 Å². The van der Waals surface area contributed by atoms with Gasteiger partial charge < -0.3 is 80.7 Å². The number of aromatic nitrogens is 8. The first-order chi connectivity index (χ1) is 65.9. The van der Waals surface area contributed by atoms with Crippen molar-refractivity contribution in [2.45, 2.75) is 170 Å². The number of aryl methyl sites for hydroxylation is 3. The molecule has 27 rings (SSSR count). The van der Waals surface area contributed by atoms with Gasteiger partial charge in [0.15, 0.2) is 0 Å². The molecule has 5 saturated carbocycles. The van der Waals surface area contributed by atoms with Gasteiger partial charge in [-0.3, -0.25) is 0 Å². The number of aromatic carboxylic acids is 8. The summed E-state index contributed by atoms with van der Waals surface area (Å²) in [5.74, 6) is 4.08. The zero-order valence-electron chi connectivity index (χ0n) is 75.3. The summed E-state index contributed by atoms with van der Waals surface area (Å²) in [6, 6.07) is 77.2. The molecule has 0 unspecified atom stereocenters. The van der Waals surface area contributed by atoms with Gasteiger partial charge >= 0.3 is 47.8 Å². The molecule has 0 saturated heterocycles. The molecule has 24 nitrogen and oxygen atoms in total. The number of H-pyrrole nitrogens is 8. The van der Waals surface area contributed by atoms with Gasteiger partial charge in [-0.05, 0) is 307 Å². The molecule has 24 heteroatoms. The average molecular weight is 1820 g/mol. The Balaban J connectivity index is 0.0000000965. The third kappa shape index (κ3) is 18.8. The zero-order valence-corrected chi connectivity index (χ0v) is 75.3. The summed E-state index contributed by atoms with van der Waals surface area (Å²) >= 11 is 0. The van der Waals surface area contributed by atoms with E-state index in [1.54, 1.807) is 36.4 Å². The van der Waals surface area contributed by atoms with Gasteiger partial charge in [-0.2, -0.15) is 0 Å². The van der Waals surface area contributed by atoms with Crippen molar-refractivity contribution in [2.24, 2.45) is 53.3 Å². The molecule has 0 radical (unpaired) electrons. The van der Waals surface area contributed by atoms with Crippen molar-refractivity contribution < 1.29 is 79.2 Å². The van der Waals surface area contributed by atoms with Crippen LogP contribution in [0.25, 0.3) is 0 Å². The lowest BCUT2D eigenvalue weighted by atomic mass is 9.95. The summed E-state index contributed by atoms with van der Waals surface area (Å²) in [5.41, 5.74) is 29.7. The second kappa shape index (κ2) is 37.3. The van der Waals surface area contributed by atoms with Gasteiger partial charge in [0, 0.05) is 81.1 Å². The molecule has 5 fully saturated rings. The Kier molecular flexibility index (Phi) is 24.5. The first kappa shape index (κ1) is 89.2. The highest BCUT2D eigenvalue weighted by Gasteiger charge is 2.59. The maximum absolute atomic E-state index is 11.0. The predicted molar refractivity (Wildman–Crippen MR) is 510 cm³/mol. The molecule has 694 valence electrons. The summed E-state index contributed by atoms with van der Waals surface area (Å²) < 4.78 is 0. The Hall–Kier alpha value is -14.7. The lowest BCUT2D eigenvalue weighted by Crippen LogP contribution is -2.06. The van der Waals surface area contributed by atoms with Gasteiger partial charge in [-0.1, -0.05) is 189 Å². The van der Waals surface area contributed by atoms with Crippen molar-refractivity contribution in [3.05, 3.63) is 400 Å². The molecule has 6 aromatic carbocycles. The molecule has 136 heavy (non-hydrogen) atoms. The number of aromatic amines is 8. The molecular weight excluding hydrogens is 1710 g/mol. The third-order valence-electron chi connectivity index (χ3n) is 31.2. The fourth-order valence-electron chi connectivity index (χ4n) is 24.3. The Labute approximate surface area is 785 Å². The van der Waals surface area contributed by atoms with Crippen LogP contribution in [0.3, 0.4) is 0 Å². The zero-order chi connectivity index (χ0) is 94.0. The van der Waals surface area contributed by atoms with Crippen LogP contribution in [-0.4, -0.2) is 128 Å². The van der Waals surface area contributed by atoms with Crippen LogP contribution in [0.4, 0.5) is 0 Å². The molecule has 17 atom stereocenters. The molecule has 0 bridgehead atoms. The van der Waals surface area contributed by atoms with E-state index in [1.807, 2.05) is 72.8 Å². The molecule has 14 aromatic rings. The predicted octanol–water partition coefficient (Wildman–Crippen LogP) is 20.5. The van der Waals surface area contributed by atoms with Gasteiger partial charge in [-0.15, -0.1) is 0 Å². The first-order valence-corrected chi connectivity index (χ1v) is 47.7. The molecule has 0 spiro atoms. The van der Waals surface area contributed by atoms with E-state index < -0.39 is 47.8 Å². The van der Waals surface area contributed by atoms with Gasteiger partial charge in [0.1, 0.15) is 45.6 Å². The minimum absolute atomic E-state index is 0.317. The van der Waals surface area contributed by atoms with E-state index in [0.717, 1.165) is 161 Å². The summed E-state index contributed by atoms with van der Waals surface area (Å²) in [7, 11) is 0. The van der Waals surface area contributed by atoms with Gasteiger partial charge in [0.05, 0.1) is 0 Å². The maximum Gasteiger partial charge on any atom is 0.352 e. The van der Waals surface area contributed by atoms with E-state index >= 15 is 0 Å². The topological polar surface area (TPSA) is 425 Å². The van der Waals surface area contributed by atoms with Crippen LogP contribution >= 0.6 is 0 Å². The van der Waals surface area contributed by atoms with Gasteiger partial charge in [-0.25, -0.2) is 38.4 Å². The minimum Gasteiger partial charge on any atom is -0.477 e. The largest absolute Gasteiger partial charge is 0.477 e. The van der Waals surface area contributed by atoms with Crippen LogP contribution in [0.5, 0.6) is 0 Å². The highest BCUT2D eigenvalue weighted by atomic mass is 16.4. The van der Waals surface area contributed by atoms with E-state index in [4.69, 9.17) is 40.9 Å². The number of rotatable bonds is 20. The Morgan fingerprint density at radius 3 is 1.15 bits per heavy atom. The highest BCUT2D eigenvalue weighted by Crippen LogP contribution is 2.67. The number of carboxylic acids is 8. The fourth-order valence-corrected chi connectivity index (χ4v) is 24.3. The van der Waals surface area contributed by atoms with Crippen molar-refractivity contribution in [3.63, 3.8) is 0 Å². The number of benzene rings is 6. The number of hydrogen-bond donors (Lipinski definition) is 16. The van der Waals surface area contributed by atoms with Gasteiger partial charge in [0.25, 0.3) is 0 Å². The Morgan fingerprint density at radius 2 is 0.662 bits per heavy atom. The maximum atomic E-state index is 11.0. The second-order valence-corrected chi connectivity index (χ2v) is 39.5. The SMILES string of the molecule is C[C@@H]1[C@@H]2Cc3cc(C(=O)O)[nH]c3[C@H]12.O=C(O)c1cc2c([nH]1)CC[C@@H]2Cc1ccccc1.O=C(O)c1cc2c([nH]1)C[C@H](Cc1ccccc1)C2.O=C(O)c1cc2c([nH]1)[C@@H]1C[C@@H]1C2.O=C(O)c1cc2c([nH]1)[C@@H]1[C@H](CCc3ccccc3)[C@@H]1C2.O=C(O)c1cc2c([nH]1)[C@@H]1[C@H](Cc3ccccc3)[C@@H]1C2.O=C(O)c1cc2c([nH]1)[C@H](Cc1ccccc1)CC2.O=C(O)c1cc2c([nH]1)[C@H]1[C@@H](C2)[C@H]1c1ccccc1. The summed E-state index contributed by atoms with van der Waals surface area (Å²) in [6.45, 7) is 2.24. The van der Waals surface area contributed by atoms with E-state index in [-0.39, 0.29) is 0 Å². The van der Waals surface area contributed by atoms with Crippen molar-refractivity contribution in [2.75, 3.05) is 0 Å².